The molecule has 2 N–H and O–H groups in total. The summed E-state index contributed by atoms with van der Waals surface area (Å²) in [6, 6.07) is 10.2. The summed E-state index contributed by atoms with van der Waals surface area (Å²) < 4.78 is 0. The van der Waals surface area contributed by atoms with Crippen LogP contribution >= 0.6 is 0 Å². The molecule has 17 heavy (non-hydrogen) atoms. The van der Waals surface area contributed by atoms with Gasteiger partial charge in [0.05, 0.1) is 5.54 Å². The summed E-state index contributed by atoms with van der Waals surface area (Å²) >= 11 is 0. The number of nitrogens with zero attached hydrogens (tertiary/aromatic N) is 1. The van der Waals surface area contributed by atoms with Crippen LogP contribution < -0.4 is 5.73 Å². The number of carbonyl (C=O) groups excluding carboxylic acids is 1. The third kappa shape index (κ3) is 2.67. The van der Waals surface area contributed by atoms with E-state index in [1.54, 1.807) is 4.90 Å². The lowest BCUT2D eigenvalue weighted by Crippen LogP contribution is -2.59. The normalized spacial score (nSPS) is 17.3. The van der Waals surface area contributed by atoms with Crippen molar-refractivity contribution in [3.05, 3.63) is 35.9 Å². The Bertz CT molecular complexity index is 384. The lowest BCUT2D eigenvalue weighted by Gasteiger charge is -2.39. The first kappa shape index (κ1) is 12.1. The molecule has 0 radical (unpaired) electrons. The van der Waals surface area contributed by atoms with Gasteiger partial charge in [0, 0.05) is 13.6 Å². The highest BCUT2D eigenvalue weighted by Crippen LogP contribution is 2.30. The Balaban J connectivity index is 1.85. The van der Waals surface area contributed by atoms with E-state index < -0.39 is 5.54 Å². The smallest absolute Gasteiger partial charge is 0.242 e. The van der Waals surface area contributed by atoms with Gasteiger partial charge < -0.3 is 10.6 Å². The van der Waals surface area contributed by atoms with Crippen LogP contribution in [0.2, 0.25) is 0 Å². The van der Waals surface area contributed by atoms with Gasteiger partial charge in [-0.2, -0.15) is 0 Å². The average molecular weight is 232 g/mol. The fourth-order valence-corrected chi connectivity index (χ4v) is 2.19. The monoisotopic (exact) mass is 232 g/mol. The molecule has 1 amide bonds. The van der Waals surface area contributed by atoms with Gasteiger partial charge in [0.2, 0.25) is 5.91 Å². The highest BCUT2D eigenvalue weighted by molar-refractivity contribution is 5.86. The maximum atomic E-state index is 12.1. The molecule has 92 valence electrons. The lowest BCUT2D eigenvalue weighted by atomic mass is 9.76. The number of rotatable bonds is 4. The van der Waals surface area contributed by atoms with Crippen LogP contribution in [0.5, 0.6) is 0 Å². The van der Waals surface area contributed by atoms with Crippen molar-refractivity contribution in [1.82, 2.24) is 4.90 Å². The topological polar surface area (TPSA) is 46.3 Å². The molecule has 1 saturated carbocycles. The number of nitrogens with two attached hydrogens (primary N) is 1. The molecule has 1 aliphatic rings. The SMILES string of the molecule is CN(CCc1ccccc1)C(=O)C1(N)CCC1. The zero-order valence-electron chi connectivity index (χ0n) is 10.4. The predicted octanol–water partition coefficient (Wildman–Crippen LogP) is 1.57. The maximum absolute atomic E-state index is 12.1. The van der Waals surface area contributed by atoms with Crippen LogP contribution in [-0.2, 0) is 11.2 Å². The summed E-state index contributed by atoms with van der Waals surface area (Å²) in [4.78, 5) is 13.8. The maximum Gasteiger partial charge on any atom is 0.242 e. The third-order valence-corrected chi connectivity index (χ3v) is 3.60. The molecule has 0 heterocycles. The molecule has 3 nitrogen and oxygen atoms in total. The van der Waals surface area contributed by atoms with Crippen LogP contribution in [-0.4, -0.2) is 29.9 Å². The van der Waals surface area contributed by atoms with Gasteiger partial charge in [-0.05, 0) is 31.2 Å². The highest BCUT2D eigenvalue weighted by Gasteiger charge is 2.41. The summed E-state index contributed by atoms with van der Waals surface area (Å²) in [6.07, 6.45) is 3.64. The van der Waals surface area contributed by atoms with E-state index in [1.165, 1.54) is 5.56 Å². The number of likely N-dealkylation sites (N-methyl/N-ethyl adjacent to an activating group) is 1. The second kappa shape index (κ2) is 4.88. The number of hydrogen-bond donors (Lipinski definition) is 1. The van der Waals surface area contributed by atoms with Gasteiger partial charge in [-0.3, -0.25) is 4.79 Å². The molecular formula is C14H20N2O. The quantitative estimate of drug-likeness (QED) is 0.856. The van der Waals surface area contributed by atoms with Gasteiger partial charge in [-0.15, -0.1) is 0 Å². The second-order valence-corrected chi connectivity index (χ2v) is 4.97. The zero-order chi connectivity index (χ0) is 12.3. The molecule has 2 rings (SSSR count). The van der Waals surface area contributed by atoms with Gasteiger partial charge in [0.15, 0.2) is 0 Å². The molecule has 0 atom stereocenters. The van der Waals surface area contributed by atoms with Gasteiger partial charge in [-0.25, -0.2) is 0 Å². The van der Waals surface area contributed by atoms with Crippen LogP contribution in [0.4, 0.5) is 0 Å². The van der Waals surface area contributed by atoms with Crippen molar-refractivity contribution in [1.29, 1.82) is 0 Å². The van der Waals surface area contributed by atoms with Crippen molar-refractivity contribution in [2.45, 2.75) is 31.2 Å². The molecule has 0 saturated heterocycles. The fraction of sp³-hybridized carbons (Fsp3) is 0.500. The second-order valence-electron chi connectivity index (χ2n) is 4.97. The van der Waals surface area contributed by atoms with E-state index in [1.807, 2.05) is 25.2 Å². The summed E-state index contributed by atoms with van der Waals surface area (Å²) in [6.45, 7) is 0.738. The Hall–Kier alpha value is -1.35. The van der Waals surface area contributed by atoms with Crippen LogP contribution in [0.1, 0.15) is 24.8 Å². The molecule has 1 aromatic rings. The molecule has 1 aromatic carbocycles. The predicted molar refractivity (Wildman–Crippen MR) is 68.6 cm³/mol. The molecule has 0 bridgehead atoms. The molecule has 1 fully saturated rings. The number of carbonyl (C=O) groups is 1. The van der Waals surface area contributed by atoms with Crippen molar-refractivity contribution >= 4 is 5.91 Å². The van der Waals surface area contributed by atoms with Crippen molar-refractivity contribution in [2.24, 2.45) is 5.73 Å². The minimum Gasteiger partial charge on any atom is -0.344 e. The van der Waals surface area contributed by atoms with E-state index in [4.69, 9.17) is 5.73 Å². The Labute approximate surface area is 103 Å². The highest BCUT2D eigenvalue weighted by atomic mass is 16.2. The van der Waals surface area contributed by atoms with E-state index in [2.05, 4.69) is 12.1 Å². The first-order chi connectivity index (χ1) is 8.12. The number of hydrogen-bond acceptors (Lipinski definition) is 2. The van der Waals surface area contributed by atoms with E-state index in [9.17, 15) is 4.79 Å². The van der Waals surface area contributed by atoms with Crippen LogP contribution in [0.15, 0.2) is 30.3 Å². The van der Waals surface area contributed by atoms with Crippen molar-refractivity contribution in [3.8, 4) is 0 Å². The van der Waals surface area contributed by atoms with Crippen LogP contribution in [0.25, 0.3) is 0 Å². The Morgan fingerprint density at radius 3 is 2.53 bits per heavy atom. The van der Waals surface area contributed by atoms with Crippen molar-refractivity contribution in [2.75, 3.05) is 13.6 Å². The van der Waals surface area contributed by atoms with Crippen molar-refractivity contribution in [3.63, 3.8) is 0 Å². The van der Waals surface area contributed by atoms with Gasteiger partial charge >= 0.3 is 0 Å². The third-order valence-electron chi connectivity index (χ3n) is 3.60. The van der Waals surface area contributed by atoms with Gasteiger partial charge in [-0.1, -0.05) is 30.3 Å². The van der Waals surface area contributed by atoms with Gasteiger partial charge in [0.25, 0.3) is 0 Å². The van der Waals surface area contributed by atoms with E-state index in [0.29, 0.717) is 0 Å². The Morgan fingerprint density at radius 2 is 2.00 bits per heavy atom. The molecule has 1 aliphatic carbocycles. The lowest BCUT2D eigenvalue weighted by molar-refractivity contribution is -0.138. The molecule has 3 heteroatoms. The molecule has 0 aliphatic heterocycles. The van der Waals surface area contributed by atoms with E-state index >= 15 is 0 Å². The summed E-state index contributed by atoms with van der Waals surface area (Å²) in [5.41, 5.74) is 6.72. The largest absolute Gasteiger partial charge is 0.344 e. The molecule has 0 aromatic heterocycles. The first-order valence-electron chi connectivity index (χ1n) is 6.20. The van der Waals surface area contributed by atoms with Gasteiger partial charge in [0.1, 0.15) is 0 Å². The number of amides is 1. The van der Waals surface area contributed by atoms with E-state index in [0.717, 1.165) is 32.2 Å². The first-order valence-corrected chi connectivity index (χ1v) is 6.20. The zero-order valence-corrected chi connectivity index (χ0v) is 10.4. The Morgan fingerprint density at radius 1 is 1.35 bits per heavy atom. The van der Waals surface area contributed by atoms with Crippen LogP contribution in [0, 0.1) is 0 Å². The summed E-state index contributed by atoms with van der Waals surface area (Å²) in [7, 11) is 1.85. The fourth-order valence-electron chi connectivity index (χ4n) is 2.19. The minimum atomic E-state index is -0.564. The van der Waals surface area contributed by atoms with Crippen LogP contribution in [0.3, 0.4) is 0 Å². The molecular weight excluding hydrogens is 212 g/mol. The number of benzene rings is 1. The summed E-state index contributed by atoms with van der Waals surface area (Å²) in [5.74, 6) is 0.0969. The average Bonchev–Trinajstić information content (AvgIpc) is 2.33. The van der Waals surface area contributed by atoms with Crippen molar-refractivity contribution < 1.29 is 4.79 Å². The molecule has 0 spiro atoms. The minimum absolute atomic E-state index is 0.0969. The van der Waals surface area contributed by atoms with E-state index in [-0.39, 0.29) is 5.91 Å². The standard InChI is InChI=1S/C14H20N2O/c1-16(13(17)14(15)9-5-10-14)11-8-12-6-3-2-4-7-12/h2-4,6-7H,5,8-11,15H2,1H3. The molecule has 0 unspecified atom stereocenters. The summed E-state index contributed by atoms with van der Waals surface area (Å²) in [5, 5.41) is 0. The Kier molecular flexibility index (Phi) is 3.48.